The summed E-state index contributed by atoms with van der Waals surface area (Å²) in [4.78, 5) is 17.4. The van der Waals surface area contributed by atoms with Crippen LogP contribution in [0.25, 0.3) is 0 Å². The van der Waals surface area contributed by atoms with Crippen molar-refractivity contribution in [2.75, 3.05) is 25.4 Å². The molecule has 0 bridgehead atoms. The number of hydrogen-bond acceptors (Lipinski definition) is 5. The fraction of sp³-hybridized carbons (Fsp3) is 0.600. The number of nitrogens with two attached hydrogens (primary N) is 1. The highest BCUT2D eigenvalue weighted by Crippen LogP contribution is 2.15. The van der Waals surface area contributed by atoms with Crippen LogP contribution in [0, 0.1) is 5.92 Å². The molecule has 0 saturated carbocycles. The molecule has 1 atom stereocenters. The molecule has 1 aromatic rings. The Morgan fingerprint density at radius 3 is 3.25 bits per heavy atom. The minimum atomic E-state index is -0.354. The average Bonchev–Trinajstić information content (AvgIpc) is 2.77. The highest BCUT2D eigenvalue weighted by atomic mass is 16.5. The van der Waals surface area contributed by atoms with Crippen LogP contribution in [0.5, 0.6) is 5.88 Å². The van der Waals surface area contributed by atoms with E-state index in [9.17, 15) is 4.79 Å². The van der Waals surface area contributed by atoms with Gasteiger partial charge in [-0.15, -0.1) is 0 Å². The molecule has 0 radical (unpaired) electrons. The van der Waals surface area contributed by atoms with E-state index in [1.807, 2.05) is 0 Å². The van der Waals surface area contributed by atoms with Crippen LogP contribution in [0.15, 0.2) is 11.1 Å². The molecule has 2 rings (SSSR count). The first kappa shape index (κ1) is 10.9. The smallest absolute Gasteiger partial charge is 0.277 e. The van der Waals surface area contributed by atoms with Crippen molar-refractivity contribution in [2.45, 2.75) is 12.8 Å². The molecule has 1 aliphatic heterocycles. The molecule has 16 heavy (non-hydrogen) atoms. The molecule has 6 heteroatoms. The molecule has 1 aliphatic rings. The standard InChI is InChI=1S/C10H16N4O2/c11-8-9(15)13-6-14-10(8)16-4-2-7-1-3-12-5-7/h6-7,12H,1-5,11H2,(H,13,14,15). The molecule has 1 aromatic heterocycles. The molecule has 0 amide bonds. The van der Waals surface area contributed by atoms with Gasteiger partial charge in [0.1, 0.15) is 0 Å². The van der Waals surface area contributed by atoms with E-state index < -0.39 is 0 Å². The maximum atomic E-state index is 11.1. The van der Waals surface area contributed by atoms with E-state index in [1.54, 1.807) is 0 Å². The second-order valence-corrected chi connectivity index (χ2v) is 3.95. The maximum Gasteiger partial charge on any atom is 0.277 e. The van der Waals surface area contributed by atoms with Gasteiger partial charge < -0.3 is 20.8 Å². The fourth-order valence-corrected chi connectivity index (χ4v) is 1.79. The largest absolute Gasteiger partial charge is 0.476 e. The average molecular weight is 224 g/mol. The van der Waals surface area contributed by atoms with E-state index in [0.717, 1.165) is 19.5 Å². The lowest BCUT2D eigenvalue weighted by Gasteiger charge is -2.09. The first-order chi connectivity index (χ1) is 7.77. The van der Waals surface area contributed by atoms with Crippen molar-refractivity contribution in [3.05, 3.63) is 16.7 Å². The van der Waals surface area contributed by atoms with Crippen LogP contribution in [0.4, 0.5) is 5.69 Å². The first-order valence-electron chi connectivity index (χ1n) is 5.44. The summed E-state index contributed by atoms with van der Waals surface area (Å²) in [5.41, 5.74) is 5.23. The first-order valence-corrected chi connectivity index (χ1v) is 5.44. The summed E-state index contributed by atoms with van der Waals surface area (Å²) >= 11 is 0. The third-order valence-corrected chi connectivity index (χ3v) is 2.78. The topological polar surface area (TPSA) is 93.0 Å². The molecule has 4 N–H and O–H groups in total. The Labute approximate surface area is 93.2 Å². The van der Waals surface area contributed by atoms with Crippen LogP contribution < -0.4 is 21.3 Å². The SMILES string of the molecule is Nc1c(OCCC2CCNC2)nc[nH]c1=O. The van der Waals surface area contributed by atoms with Gasteiger partial charge in [0.05, 0.1) is 12.9 Å². The zero-order chi connectivity index (χ0) is 11.4. The summed E-state index contributed by atoms with van der Waals surface area (Å²) in [6, 6.07) is 0. The zero-order valence-electron chi connectivity index (χ0n) is 9.03. The van der Waals surface area contributed by atoms with Crippen LogP contribution in [0.1, 0.15) is 12.8 Å². The summed E-state index contributed by atoms with van der Waals surface area (Å²) in [5.74, 6) is 0.887. The Morgan fingerprint density at radius 1 is 1.62 bits per heavy atom. The summed E-state index contributed by atoms with van der Waals surface area (Å²) in [5, 5.41) is 3.29. The molecule has 1 saturated heterocycles. The summed E-state index contributed by atoms with van der Waals surface area (Å²) in [6.45, 7) is 2.67. The third-order valence-electron chi connectivity index (χ3n) is 2.78. The molecule has 6 nitrogen and oxygen atoms in total. The lowest BCUT2D eigenvalue weighted by atomic mass is 10.1. The second-order valence-electron chi connectivity index (χ2n) is 3.95. The minimum absolute atomic E-state index is 0.0482. The zero-order valence-corrected chi connectivity index (χ0v) is 9.03. The van der Waals surface area contributed by atoms with Crippen LogP contribution in [0.3, 0.4) is 0 Å². The number of ether oxygens (including phenoxy) is 1. The van der Waals surface area contributed by atoms with Crippen molar-refractivity contribution in [1.82, 2.24) is 15.3 Å². The van der Waals surface area contributed by atoms with Gasteiger partial charge in [-0.3, -0.25) is 4.79 Å². The van der Waals surface area contributed by atoms with Crippen molar-refractivity contribution < 1.29 is 4.74 Å². The highest BCUT2D eigenvalue weighted by molar-refractivity contribution is 5.44. The monoisotopic (exact) mass is 224 g/mol. The number of nitrogens with zero attached hydrogens (tertiary/aromatic N) is 1. The summed E-state index contributed by atoms with van der Waals surface area (Å²) in [7, 11) is 0. The molecule has 2 heterocycles. The van der Waals surface area contributed by atoms with E-state index >= 15 is 0 Å². The van der Waals surface area contributed by atoms with Crippen molar-refractivity contribution in [3.63, 3.8) is 0 Å². The number of H-pyrrole nitrogens is 1. The normalized spacial score (nSPS) is 19.9. The minimum Gasteiger partial charge on any atom is -0.476 e. The van der Waals surface area contributed by atoms with Gasteiger partial charge in [0.15, 0.2) is 5.69 Å². The molecule has 0 spiro atoms. The number of aromatic nitrogens is 2. The van der Waals surface area contributed by atoms with Crippen molar-refractivity contribution in [3.8, 4) is 5.88 Å². The highest BCUT2D eigenvalue weighted by Gasteiger charge is 2.14. The van der Waals surface area contributed by atoms with E-state index in [4.69, 9.17) is 10.5 Å². The number of aromatic amines is 1. The van der Waals surface area contributed by atoms with Gasteiger partial charge in [0, 0.05) is 0 Å². The van der Waals surface area contributed by atoms with Crippen LogP contribution >= 0.6 is 0 Å². The Balaban J connectivity index is 1.84. The van der Waals surface area contributed by atoms with Crippen molar-refractivity contribution >= 4 is 5.69 Å². The van der Waals surface area contributed by atoms with E-state index in [0.29, 0.717) is 12.5 Å². The number of nitrogen functional groups attached to an aromatic ring is 1. The third kappa shape index (κ3) is 2.52. The van der Waals surface area contributed by atoms with Gasteiger partial charge in [-0.05, 0) is 31.8 Å². The molecule has 0 aromatic carbocycles. The molecule has 0 aliphatic carbocycles. The Bertz CT molecular complexity index is 398. The predicted octanol–water partition coefficient (Wildman–Crippen LogP) is -0.270. The van der Waals surface area contributed by atoms with Crippen molar-refractivity contribution in [1.29, 1.82) is 0 Å². The fourth-order valence-electron chi connectivity index (χ4n) is 1.79. The van der Waals surface area contributed by atoms with E-state index in [-0.39, 0.29) is 17.1 Å². The molecular formula is C10H16N4O2. The molecule has 1 fully saturated rings. The number of hydrogen-bond donors (Lipinski definition) is 3. The van der Waals surface area contributed by atoms with Gasteiger partial charge in [0.25, 0.3) is 5.56 Å². The molecule has 1 unspecified atom stereocenters. The van der Waals surface area contributed by atoms with Crippen LogP contribution in [-0.4, -0.2) is 29.7 Å². The Hall–Kier alpha value is -1.56. The van der Waals surface area contributed by atoms with Gasteiger partial charge in [0.2, 0.25) is 5.88 Å². The Kier molecular flexibility index (Phi) is 3.40. The van der Waals surface area contributed by atoms with Gasteiger partial charge in [-0.2, -0.15) is 0 Å². The maximum absolute atomic E-state index is 11.1. The summed E-state index contributed by atoms with van der Waals surface area (Å²) in [6.07, 6.45) is 3.44. The van der Waals surface area contributed by atoms with Crippen LogP contribution in [0.2, 0.25) is 0 Å². The molecular weight excluding hydrogens is 208 g/mol. The van der Waals surface area contributed by atoms with Crippen molar-refractivity contribution in [2.24, 2.45) is 5.92 Å². The van der Waals surface area contributed by atoms with E-state index in [1.165, 1.54) is 12.7 Å². The predicted molar refractivity (Wildman–Crippen MR) is 60.4 cm³/mol. The number of nitrogens with one attached hydrogen (secondary N) is 2. The lowest BCUT2D eigenvalue weighted by Crippen LogP contribution is -2.16. The summed E-state index contributed by atoms with van der Waals surface area (Å²) < 4.78 is 5.40. The van der Waals surface area contributed by atoms with Gasteiger partial charge in [-0.25, -0.2) is 4.98 Å². The van der Waals surface area contributed by atoms with Crippen LogP contribution in [-0.2, 0) is 0 Å². The van der Waals surface area contributed by atoms with Gasteiger partial charge >= 0.3 is 0 Å². The van der Waals surface area contributed by atoms with E-state index in [2.05, 4.69) is 15.3 Å². The quantitative estimate of drug-likeness (QED) is 0.654. The Morgan fingerprint density at radius 2 is 2.50 bits per heavy atom. The number of rotatable bonds is 4. The number of anilines is 1. The molecule has 88 valence electrons. The van der Waals surface area contributed by atoms with Gasteiger partial charge in [-0.1, -0.05) is 0 Å². The lowest BCUT2D eigenvalue weighted by molar-refractivity contribution is 0.275. The second kappa shape index (κ2) is 4.98.